The molecular weight excluding hydrogens is 336 g/mol. The number of hydrogen-bond acceptors (Lipinski definition) is 2. The van der Waals surface area contributed by atoms with E-state index in [0.717, 1.165) is 7.05 Å². The number of nitrogens with one attached hydrogen (secondary N) is 1. The molecule has 0 fully saturated rings. The van der Waals surface area contributed by atoms with E-state index < -0.39 is 69.0 Å². The zero-order valence-electron chi connectivity index (χ0n) is 11.1. The van der Waals surface area contributed by atoms with Crippen LogP contribution in [0.2, 0.25) is 0 Å². The third-order valence-electron chi connectivity index (χ3n) is 3.06. The normalized spacial score (nSPS) is 11.0. The van der Waals surface area contributed by atoms with Crippen LogP contribution in [-0.2, 0) is 0 Å². The highest BCUT2D eigenvalue weighted by Crippen LogP contribution is 2.39. The van der Waals surface area contributed by atoms with Crippen LogP contribution in [0.3, 0.4) is 0 Å². The minimum atomic E-state index is -2.30. The number of halogens is 8. The van der Waals surface area contributed by atoms with Crippen molar-refractivity contribution in [1.29, 1.82) is 0 Å². The number of rotatable bonds is 2. The van der Waals surface area contributed by atoms with E-state index >= 15 is 0 Å². The van der Waals surface area contributed by atoms with Crippen molar-refractivity contribution in [3.63, 3.8) is 0 Å². The Labute approximate surface area is 123 Å². The summed E-state index contributed by atoms with van der Waals surface area (Å²) in [5.74, 6) is -17.4. The molecule has 0 bridgehead atoms. The first-order valence-electron chi connectivity index (χ1n) is 5.80. The second kappa shape index (κ2) is 5.60. The van der Waals surface area contributed by atoms with Gasteiger partial charge in [-0.25, -0.2) is 35.1 Å². The monoisotopic (exact) mass is 342 g/mol. The molecule has 0 saturated carbocycles. The van der Waals surface area contributed by atoms with Gasteiger partial charge >= 0.3 is 0 Å². The molecule has 0 spiro atoms. The molecule has 0 aliphatic rings. The van der Waals surface area contributed by atoms with Crippen LogP contribution in [0.5, 0.6) is 0 Å². The summed E-state index contributed by atoms with van der Waals surface area (Å²) in [5, 5.41) is 1.80. The summed E-state index contributed by atoms with van der Waals surface area (Å²) < 4.78 is 109. The molecule has 2 rings (SSSR count). The quantitative estimate of drug-likeness (QED) is 0.490. The Morgan fingerprint density at radius 1 is 0.565 bits per heavy atom. The Morgan fingerprint density at radius 2 is 0.870 bits per heavy atom. The number of benzene rings is 2. The van der Waals surface area contributed by atoms with E-state index in [1.807, 2.05) is 0 Å². The van der Waals surface area contributed by atoms with Crippen LogP contribution in [0.1, 0.15) is 0 Å². The number of nitrogen functional groups attached to an aromatic ring is 1. The van der Waals surface area contributed by atoms with Crippen LogP contribution in [0, 0.1) is 46.5 Å². The van der Waals surface area contributed by atoms with Crippen molar-refractivity contribution in [2.75, 3.05) is 18.1 Å². The predicted octanol–water partition coefficient (Wildman–Crippen LogP) is 4.09. The first kappa shape index (κ1) is 16.8. The van der Waals surface area contributed by atoms with Crippen LogP contribution in [0.15, 0.2) is 0 Å². The average Bonchev–Trinajstić information content (AvgIpc) is 2.53. The third kappa shape index (κ3) is 2.25. The summed E-state index contributed by atoms with van der Waals surface area (Å²) in [5.41, 5.74) is -2.00. The highest BCUT2D eigenvalue weighted by atomic mass is 19.2. The van der Waals surface area contributed by atoms with Crippen LogP contribution in [-0.4, -0.2) is 7.05 Å². The van der Waals surface area contributed by atoms with Crippen molar-refractivity contribution in [2.24, 2.45) is 0 Å². The van der Waals surface area contributed by atoms with Gasteiger partial charge in [0.1, 0.15) is 11.4 Å². The maximum absolute atomic E-state index is 13.9. The lowest BCUT2D eigenvalue weighted by atomic mass is 10.00. The van der Waals surface area contributed by atoms with Crippen LogP contribution in [0.4, 0.5) is 46.5 Å². The minimum Gasteiger partial charge on any atom is -0.394 e. The van der Waals surface area contributed by atoms with Gasteiger partial charge in [-0.05, 0) is 0 Å². The first-order valence-corrected chi connectivity index (χ1v) is 5.80. The highest BCUT2D eigenvalue weighted by Gasteiger charge is 2.33. The van der Waals surface area contributed by atoms with Crippen LogP contribution >= 0.6 is 0 Å². The molecule has 2 aromatic rings. The van der Waals surface area contributed by atoms with Crippen LogP contribution < -0.4 is 11.1 Å². The van der Waals surface area contributed by atoms with E-state index in [4.69, 9.17) is 5.73 Å². The lowest BCUT2D eigenvalue weighted by Gasteiger charge is -2.14. The van der Waals surface area contributed by atoms with E-state index in [0.29, 0.717) is 0 Å². The van der Waals surface area contributed by atoms with Crippen molar-refractivity contribution < 1.29 is 35.1 Å². The molecule has 0 unspecified atom stereocenters. The minimum absolute atomic E-state index is 0.920. The van der Waals surface area contributed by atoms with E-state index in [1.165, 1.54) is 0 Å². The van der Waals surface area contributed by atoms with Crippen LogP contribution in [0.25, 0.3) is 11.1 Å². The summed E-state index contributed by atoms with van der Waals surface area (Å²) in [6.45, 7) is 0. The van der Waals surface area contributed by atoms with Gasteiger partial charge in [0.15, 0.2) is 46.5 Å². The average molecular weight is 342 g/mol. The molecule has 0 aromatic heterocycles. The van der Waals surface area contributed by atoms with E-state index in [9.17, 15) is 35.1 Å². The van der Waals surface area contributed by atoms with Gasteiger partial charge in [-0.2, -0.15) is 0 Å². The summed E-state index contributed by atoms with van der Waals surface area (Å²) in [6.07, 6.45) is 0. The topological polar surface area (TPSA) is 38.0 Å². The summed E-state index contributed by atoms with van der Waals surface area (Å²) in [4.78, 5) is 0. The lowest BCUT2D eigenvalue weighted by Crippen LogP contribution is -2.11. The maximum atomic E-state index is 13.9. The molecule has 3 N–H and O–H groups in total. The molecule has 0 heterocycles. The largest absolute Gasteiger partial charge is 0.394 e. The fraction of sp³-hybridized carbons (Fsp3) is 0.0769. The fourth-order valence-electron chi connectivity index (χ4n) is 1.94. The molecule has 2 aromatic carbocycles. The first-order chi connectivity index (χ1) is 10.6. The molecule has 0 atom stereocenters. The van der Waals surface area contributed by atoms with Gasteiger partial charge in [-0.15, -0.1) is 0 Å². The van der Waals surface area contributed by atoms with Crippen molar-refractivity contribution in [1.82, 2.24) is 0 Å². The highest BCUT2D eigenvalue weighted by molar-refractivity contribution is 5.72. The summed E-state index contributed by atoms with van der Waals surface area (Å²) in [6, 6.07) is 0. The number of hydrogen-bond donors (Lipinski definition) is 2. The van der Waals surface area contributed by atoms with Gasteiger partial charge < -0.3 is 11.1 Å². The molecule has 0 aliphatic carbocycles. The molecule has 23 heavy (non-hydrogen) atoms. The zero-order valence-corrected chi connectivity index (χ0v) is 11.1. The van der Waals surface area contributed by atoms with Gasteiger partial charge in [0.25, 0.3) is 0 Å². The molecule has 10 heteroatoms. The van der Waals surface area contributed by atoms with Gasteiger partial charge in [0, 0.05) is 7.05 Å². The molecule has 0 amide bonds. The maximum Gasteiger partial charge on any atom is 0.185 e. The number of nitrogens with two attached hydrogens (primary N) is 1. The third-order valence-corrected chi connectivity index (χ3v) is 3.06. The van der Waals surface area contributed by atoms with Crippen molar-refractivity contribution in [3.8, 4) is 11.1 Å². The SMILES string of the molecule is CNc1c(F)c(F)c(-c2c(F)c(F)c(N)c(F)c2F)c(F)c1F. The van der Waals surface area contributed by atoms with Crippen molar-refractivity contribution in [3.05, 3.63) is 46.5 Å². The molecule has 0 radical (unpaired) electrons. The summed E-state index contributed by atoms with van der Waals surface area (Å²) >= 11 is 0. The Hall–Kier alpha value is -2.52. The predicted molar refractivity (Wildman–Crippen MR) is 65.5 cm³/mol. The van der Waals surface area contributed by atoms with Crippen molar-refractivity contribution in [2.45, 2.75) is 0 Å². The Morgan fingerprint density at radius 3 is 1.17 bits per heavy atom. The standard InChI is InChI=1S/C13H6F8N2/c1-23-13-10(20)6(16)3(7(17)11(13)21)2-4(14)8(18)12(22)9(19)5(2)15/h23H,22H2,1H3. The van der Waals surface area contributed by atoms with E-state index in [2.05, 4.69) is 0 Å². The Kier molecular flexibility index (Phi) is 4.10. The molecule has 2 nitrogen and oxygen atoms in total. The second-order valence-corrected chi connectivity index (χ2v) is 4.30. The lowest BCUT2D eigenvalue weighted by molar-refractivity contribution is 0.447. The Balaban J connectivity index is 3.01. The van der Waals surface area contributed by atoms with Gasteiger partial charge in [-0.1, -0.05) is 0 Å². The molecule has 124 valence electrons. The van der Waals surface area contributed by atoms with E-state index in [1.54, 1.807) is 5.32 Å². The van der Waals surface area contributed by atoms with E-state index in [-0.39, 0.29) is 0 Å². The molecular formula is C13H6F8N2. The molecule has 0 aliphatic heterocycles. The van der Waals surface area contributed by atoms with Gasteiger partial charge in [0.2, 0.25) is 0 Å². The fourth-order valence-corrected chi connectivity index (χ4v) is 1.94. The number of anilines is 2. The Bertz CT molecular complexity index is 761. The second-order valence-electron chi connectivity index (χ2n) is 4.30. The van der Waals surface area contributed by atoms with Gasteiger partial charge in [-0.3, -0.25) is 0 Å². The van der Waals surface area contributed by atoms with Gasteiger partial charge in [0.05, 0.1) is 11.1 Å². The van der Waals surface area contributed by atoms with Crippen molar-refractivity contribution >= 4 is 11.4 Å². The smallest absolute Gasteiger partial charge is 0.185 e. The zero-order chi connectivity index (χ0) is 17.6. The molecule has 0 saturated heterocycles. The summed E-state index contributed by atoms with van der Waals surface area (Å²) in [7, 11) is 0.920.